The third-order valence-corrected chi connectivity index (χ3v) is 6.73. The van der Waals surface area contributed by atoms with Crippen LogP contribution in [-0.2, 0) is 17.9 Å². The molecule has 174 valence electrons. The van der Waals surface area contributed by atoms with Gasteiger partial charge in [0.25, 0.3) is 0 Å². The van der Waals surface area contributed by atoms with Crippen LogP contribution in [-0.4, -0.2) is 10.7 Å². The zero-order valence-corrected chi connectivity index (χ0v) is 20.7. The first-order valence-corrected chi connectivity index (χ1v) is 12.5. The molecule has 0 N–H and O–H groups in total. The zero-order chi connectivity index (χ0) is 23.5. The summed E-state index contributed by atoms with van der Waals surface area (Å²) in [5.74, 6) is 3.95. The van der Waals surface area contributed by atoms with Gasteiger partial charge in [0.05, 0.1) is 13.1 Å². The number of rotatable bonds is 8. The largest absolute Gasteiger partial charge is 0.324 e. The van der Waals surface area contributed by atoms with Crippen LogP contribution in [0.15, 0.2) is 71.8 Å². The van der Waals surface area contributed by atoms with Gasteiger partial charge in [0, 0.05) is 25.3 Å². The average Bonchev–Trinajstić information content (AvgIpc) is 2.95. The lowest BCUT2D eigenvalue weighted by Gasteiger charge is -2.29. The van der Waals surface area contributed by atoms with Crippen LogP contribution in [0.4, 0.5) is 0 Å². The van der Waals surface area contributed by atoms with Crippen molar-refractivity contribution in [3.63, 3.8) is 0 Å². The predicted molar refractivity (Wildman–Crippen MR) is 138 cm³/mol. The summed E-state index contributed by atoms with van der Waals surface area (Å²) in [6, 6.07) is 24.6. The molecule has 1 aliphatic rings. The molecule has 0 unspecified atom stereocenters. The zero-order valence-electron chi connectivity index (χ0n) is 20.7. The van der Waals surface area contributed by atoms with E-state index in [0.29, 0.717) is 18.6 Å². The number of carbonyl (C=O) groups excluding carboxylic acids is 1. The van der Waals surface area contributed by atoms with Crippen LogP contribution in [0, 0.1) is 17.4 Å². The van der Waals surface area contributed by atoms with E-state index in [0.717, 1.165) is 38.8 Å². The van der Waals surface area contributed by atoms with Gasteiger partial charge in [-0.15, -0.1) is 0 Å². The minimum absolute atomic E-state index is 0.0880. The monoisotopic (exact) mass is 441 g/mol. The van der Waals surface area contributed by atoms with E-state index in [1.807, 2.05) is 0 Å². The fraction of sp³-hybridized carbons (Fsp3) is 0.452. The number of carbonyl (C=O) groups is 1. The smallest absolute Gasteiger partial charge is 0.133 e. The second-order valence-electron chi connectivity index (χ2n) is 9.90. The van der Waals surface area contributed by atoms with Crippen LogP contribution in [0.2, 0.25) is 0 Å². The number of hydrogen-bond donors (Lipinski definition) is 0. The number of benzene rings is 2. The number of Topliss-reactive ketones (excluding diaryl/α,β-unsaturated/α-hetero) is 1. The Morgan fingerprint density at radius 1 is 0.909 bits per heavy atom. The molecule has 3 rings (SSSR count). The van der Waals surface area contributed by atoms with E-state index in [1.165, 1.54) is 35.1 Å². The van der Waals surface area contributed by atoms with Crippen molar-refractivity contribution in [1.82, 2.24) is 4.90 Å². The molecule has 1 saturated carbocycles. The average molecular weight is 442 g/mol. The van der Waals surface area contributed by atoms with Gasteiger partial charge in [0.2, 0.25) is 0 Å². The quantitative estimate of drug-likeness (QED) is 0.181. The van der Waals surface area contributed by atoms with Gasteiger partial charge in [-0.1, -0.05) is 105 Å². The molecule has 1 fully saturated rings. The van der Waals surface area contributed by atoms with E-state index >= 15 is 0 Å². The summed E-state index contributed by atoms with van der Waals surface area (Å²) in [5.41, 5.74) is 5.61. The Morgan fingerprint density at radius 2 is 1.52 bits per heavy atom. The van der Waals surface area contributed by atoms with Crippen molar-refractivity contribution in [2.24, 2.45) is 5.41 Å². The van der Waals surface area contributed by atoms with Crippen LogP contribution in [0.3, 0.4) is 0 Å². The topological polar surface area (TPSA) is 20.3 Å². The van der Waals surface area contributed by atoms with Gasteiger partial charge < -0.3 is 4.90 Å². The van der Waals surface area contributed by atoms with Gasteiger partial charge in [-0.05, 0) is 42.2 Å². The molecule has 2 nitrogen and oxygen atoms in total. The van der Waals surface area contributed by atoms with E-state index in [9.17, 15) is 4.79 Å². The van der Waals surface area contributed by atoms with Gasteiger partial charge in [0.15, 0.2) is 0 Å². The molecule has 0 radical (unpaired) electrons. The summed E-state index contributed by atoms with van der Waals surface area (Å²) in [4.78, 5) is 14.4. The molecular formula is C31H39NO. The third kappa shape index (κ3) is 7.93. The molecule has 33 heavy (non-hydrogen) atoms. The highest BCUT2D eigenvalue weighted by Gasteiger charge is 2.29. The van der Waals surface area contributed by atoms with Crippen LogP contribution < -0.4 is 0 Å². The molecule has 0 atom stereocenters. The molecular weight excluding hydrogens is 402 g/mol. The Morgan fingerprint density at radius 3 is 2.09 bits per heavy atom. The van der Waals surface area contributed by atoms with Gasteiger partial charge in [0.1, 0.15) is 5.78 Å². The van der Waals surface area contributed by atoms with Crippen LogP contribution >= 0.6 is 0 Å². The molecule has 0 heterocycles. The molecule has 2 heteroatoms. The number of ketones is 1. The second-order valence-corrected chi connectivity index (χ2v) is 9.90. The number of allylic oxidation sites excluding steroid dienone is 2. The Kier molecular flexibility index (Phi) is 9.37. The number of unbranched alkanes of at least 4 members (excludes halogenated alkanes) is 1. The summed E-state index contributed by atoms with van der Waals surface area (Å²) in [5, 5.41) is 0. The van der Waals surface area contributed by atoms with Crippen molar-refractivity contribution in [3.8, 4) is 12.0 Å². The molecule has 0 aromatic heterocycles. The lowest BCUT2D eigenvalue weighted by Crippen LogP contribution is -2.17. The number of hydrogen-bond acceptors (Lipinski definition) is 2. The Bertz CT molecular complexity index is 934. The van der Waals surface area contributed by atoms with Crippen molar-refractivity contribution in [2.75, 3.05) is 0 Å². The van der Waals surface area contributed by atoms with Crippen LogP contribution in [0.25, 0.3) is 0 Å². The summed E-state index contributed by atoms with van der Waals surface area (Å²) < 4.78 is 0. The van der Waals surface area contributed by atoms with Gasteiger partial charge in [-0.2, -0.15) is 0 Å². The van der Waals surface area contributed by atoms with E-state index in [2.05, 4.69) is 98.3 Å². The molecule has 1 aliphatic carbocycles. The second kappa shape index (κ2) is 12.4. The molecule has 2 aromatic carbocycles. The Hall–Kier alpha value is -2.79. The van der Waals surface area contributed by atoms with Crippen LogP contribution in [0.5, 0.6) is 0 Å². The molecule has 0 saturated heterocycles. The summed E-state index contributed by atoms with van der Waals surface area (Å²) >= 11 is 0. The highest BCUT2D eigenvalue weighted by atomic mass is 16.1. The first-order chi connectivity index (χ1) is 16.0. The normalized spacial score (nSPS) is 17.0. The van der Waals surface area contributed by atoms with Crippen molar-refractivity contribution in [1.29, 1.82) is 0 Å². The maximum Gasteiger partial charge on any atom is 0.133 e. The molecule has 2 aromatic rings. The van der Waals surface area contributed by atoms with Crippen molar-refractivity contribution >= 4 is 5.78 Å². The van der Waals surface area contributed by atoms with E-state index in [-0.39, 0.29) is 5.41 Å². The van der Waals surface area contributed by atoms with Gasteiger partial charge in [-0.25, -0.2) is 0 Å². The minimum Gasteiger partial charge on any atom is -0.324 e. The van der Waals surface area contributed by atoms with E-state index in [1.54, 1.807) is 0 Å². The molecule has 0 bridgehead atoms. The van der Waals surface area contributed by atoms with Crippen molar-refractivity contribution < 1.29 is 4.79 Å². The molecule has 0 aliphatic heterocycles. The minimum atomic E-state index is 0.0880. The maximum absolute atomic E-state index is 12.1. The highest BCUT2D eigenvalue weighted by molar-refractivity contribution is 5.79. The first-order valence-electron chi connectivity index (χ1n) is 12.5. The van der Waals surface area contributed by atoms with Crippen LogP contribution in [0.1, 0.15) is 83.3 Å². The molecule has 0 spiro atoms. The summed E-state index contributed by atoms with van der Waals surface area (Å²) in [7, 11) is 0. The third-order valence-electron chi connectivity index (χ3n) is 6.73. The summed E-state index contributed by atoms with van der Waals surface area (Å²) in [6.07, 6.45) is 7.52. The summed E-state index contributed by atoms with van der Waals surface area (Å²) in [6.45, 7) is 8.50. The van der Waals surface area contributed by atoms with Crippen molar-refractivity contribution in [3.05, 3.63) is 82.9 Å². The lowest BCUT2D eigenvalue weighted by molar-refractivity contribution is -0.119. The van der Waals surface area contributed by atoms with Gasteiger partial charge in [-0.3, -0.25) is 4.79 Å². The molecule has 0 amide bonds. The van der Waals surface area contributed by atoms with Gasteiger partial charge >= 0.3 is 0 Å². The SMILES string of the molecule is CCCC/C(CC#CN(Cc1ccccc1)Cc1ccccc1)=C1/CCC(=O)CCC1(C)C. The standard InChI is InChI=1S/C31H39NO/c1-4-5-17-28(30-20-19-29(33)21-22-31(30,2)3)18-12-23-32(24-26-13-8-6-9-14-26)25-27-15-10-7-11-16-27/h6-11,13-16H,4-5,17-22,24-25H2,1-3H3/b30-28+. The van der Waals surface area contributed by atoms with E-state index < -0.39 is 0 Å². The highest BCUT2D eigenvalue weighted by Crippen LogP contribution is 2.41. The fourth-order valence-electron chi connectivity index (χ4n) is 4.72. The fourth-order valence-corrected chi connectivity index (χ4v) is 4.72. The predicted octanol–water partition coefficient (Wildman–Crippen LogP) is 7.70. The van der Waals surface area contributed by atoms with E-state index in [4.69, 9.17) is 0 Å². The Labute approximate surface area is 201 Å². The first kappa shape index (κ1) is 24.8. The van der Waals surface area contributed by atoms with Crippen molar-refractivity contribution in [2.45, 2.75) is 85.2 Å². The number of nitrogens with zero attached hydrogens (tertiary/aromatic N) is 1. The Balaban J connectivity index is 1.83. The lowest BCUT2D eigenvalue weighted by atomic mass is 9.76. The maximum atomic E-state index is 12.1.